The van der Waals surface area contributed by atoms with Crippen LogP contribution in [0.2, 0.25) is 0 Å². The zero-order valence-corrected chi connectivity index (χ0v) is 7.83. The highest BCUT2D eigenvalue weighted by Crippen LogP contribution is 2.24. The van der Waals surface area contributed by atoms with E-state index in [4.69, 9.17) is 4.74 Å². The fourth-order valence-corrected chi connectivity index (χ4v) is 1.87. The van der Waals surface area contributed by atoms with E-state index in [2.05, 4.69) is 5.10 Å². The molecule has 1 aliphatic rings. The van der Waals surface area contributed by atoms with Gasteiger partial charge in [0.05, 0.1) is 12.8 Å². The molecule has 1 aromatic rings. The van der Waals surface area contributed by atoms with Crippen molar-refractivity contribution < 1.29 is 9.53 Å². The molecule has 2 rings (SSSR count). The molecule has 1 heterocycles. The van der Waals surface area contributed by atoms with Crippen LogP contribution in [0.25, 0.3) is 0 Å². The molecule has 4 heteroatoms. The minimum absolute atomic E-state index is 0.279. The van der Waals surface area contributed by atoms with Gasteiger partial charge in [-0.2, -0.15) is 5.10 Å². The molecule has 0 N–H and O–H groups in total. The molecule has 4 nitrogen and oxygen atoms in total. The van der Waals surface area contributed by atoms with E-state index < -0.39 is 0 Å². The maximum absolute atomic E-state index is 11.4. The van der Waals surface area contributed by atoms with Crippen LogP contribution >= 0.6 is 0 Å². The van der Waals surface area contributed by atoms with E-state index in [1.165, 1.54) is 7.11 Å². The Balaban J connectivity index is 2.50. The van der Waals surface area contributed by atoms with Gasteiger partial charge in [-0.15, -0.1) is 0 Å². The van der Waals surface area contributed by atoms with Crippen molar-refractivity contribution >= 4 is 5.97 Å². The van der Waals surface area contributed by atoms with Crippen molar-refractivity contribution in [2.75, 3.05) is 7.11 Å². The van der Waals surface area contributed by atoms with Crippen LogP contribution < -0.4 is 0 Å². The molecule has 0 saturated heterocycles. The number of carbonyl (C=O) groups is 1. The van der Waals surface area contributed by atoms with Crippen LogP contribution in [0.5, 0.6) is 0 Å². The predicted molar refractivity (Wildman–Crippen MR) is 46.6 cm³/mol. The molecule has 1 aromatic heterocycles. The van der Waals surface area contributed by atoms with Gasteiger partial charge in [-0.05, 0) is 19.3 Å². The van der Waals surface area contributed by atoms with Gasteiger partial charge in [-0.3, -0.25) is 4.68 Å². The summed E-state index contributed by atoms with van der Waals surface area (Å²) in [5.74, 6) is -0.279. The molecule has 0 spiro atoms. The Morgan fingerprint density at radius 1 is 1.54 bits per heavy atom. The van der Waals surface area contributed by atoms with Gasteiger partial charge in [0.25, 0.3) is 0 Å². The largest absolute Gasteiger partial charge is 0.464 e. The van der Waals surface area contributed by atoms with Gasteiger partial charge < -0.3 is 4.74 Å². The summed E-state index contributed by atoms with van der Waals surface area (Å²) in [5, 5.41) is 4.28. The SMILES string of the molecule is COC(=O)c1c2c(nn1C)CCC2. The topological polar surface area (TPSA) is 44.1 Å². The van der Waals surface area contributed by atoms with Gasteiger partial charge in [0.15, 0.2) is 0 Å². The van der Waals surface area contributed by atoms with Crippen LogP contribution in [-0.4, -0.2) is 22.9 Å². The molecular formula is C9H12N2O2. The fourth-order valence-electron chi connectivity index (χ4n) is 1.87. The average Bonchev–Trinajstić information content (AvgIpc) is 2.62. The molecule has 0 unspecified atom stereocenters. The third-order valence-electron chi connectivity index (χ3n) is 2.45. The molecule has 13 heavy (non-hydrogen) atoms. The van der Waals surface area contributed by atoms with E-state index in [9.17, 15) is 4.79 Å². The van der Waals surface area contributed by atoms with Crippen molar-refractivity contribution in [1.29, 1.82) is 0 Å². The smallest absolute Gasteiger partial charge is 0.356 e. The number of aromatic nitrogens is 2. The lowest BCUT2D eigenvalue weighted by Gasteiger charge is -2.01. The van der Waals surface area contributed by atoms with Crippen molar-refractivity contribution in [3.63, 3.8) is 0 Å². The number of nitrogens with zero attached hydrogens (tertiary/aromatic N) is 2. The van der Waals surface area contributed by atoms with Gasteiger partial charge in [0.1, 0.15) is 5.69 Å². The molecular weight excluding hydrogens is 168 g/mol. The highest BCUT2D eigenvalue weighted by Gasteiger charge is 2.25. The molecule has 0 aliphatic heterocycles. The summed E-state index contributed by atoms with van der Waals surface area (Å²) >= 11 is 0. The first kappa shape index (κ1) is 8.29. The fraction of sp³-hybridized carbons (Fsp3) is 0.556. The standard InChI is InChI=1S/C9H12N2O2/c1-11-8(9(12)13-2)6-4-3-5-7(6)10-11/h3-5H2,1-2H3. The third kappa shape index (κ3) is 1.13. The molecule has 1 aliphatic carbocycles. The highest BCUT2D eigenvalue weighted by molar-refractivity contribution is 5.89. The normalized spacial score (nSPS) is 14.3. The number of aryl methyl sites for hydroxylation is 2. The second-order valence-corrected chi connectivity index (χ2v) is 3.24. The first-order chi connectivity index (χ1) is 6.24. The lowest BCUT2D eigenvalue weighted by Crippen LogP contribution is -2.10. The number of hydrogen-bond donors (Lipinski definition) is 0. The minimum atomic E-state index is -0.279. The molecule has 0 radical (unpaired) electrons. The number of fused-ring (bicyclic) bond motifs is 1. The van der Waals surface area contributed by atoms with Gasteiger partial charge in [-0.25, -0.2) is 4.79 Å². The number of ether oxygens (including phenoxy) is 1. The number of esters is 1. The van der Waals surface area contributed by atoms with Crippen LogP contribution in [0, 0.1) is 0 Å². The summed E-state index contributed by atoms with van der Waals surface area (Å²) in [7, 11) is 3.18. The lowest BCUT2D eigenvalue weighted by molar-refractivity contribution is 0.0587. The Labute approximate surface area is 76.5 Å². The lowest BCUT2D eigenvalue weighted by atomic mass is 10.2. The summed E-state index contributed by atoms with van der Waals surface area (Å²) in [4.78, 5) is 11.4. The monoisotopic (exact) mass is 180 g/mol. The predicted octanol–water partition coefficient (Wildman–Crippen LogP) is 0.695. The van der Waals surface area contributed by atoms with Crippen LogP contribution in [0.1, 0.15) is 28.2 Å². The number of rotatable bonds is 1. The average molecular weight is 180 g/mol. The maximum Gasteiger partial charge on any atom is 0.356 e. The van der Waals surface area contributed by atoms with Crippen molar-refractivity contribution in [2.24, 2.45) is 7.05 Å². The first-order valence-electron chi connectivity index (χ1n) is 4.37. The van der Waals surface area contributed by atoms with E-state index >= 15 is 0 Å². The van der Waals surface area contributed by atoms with Crippen molar-refractivity contribution in [2.45, 2.75) is 19.3 Å². The van der Waals surface area contributed by atoms with E-state index in [1.807, 2.05) is 0 Å². The third-order valence-corrected chi connectivity index (χ3v) is 2.45. The zero-order valence-electron chi connectivity index (χ0n) is 7.83. The Kier molecular flexibility index (Phi) is 1.83. The number of hydrogen-bond acceptors (Lipinski definition) is 3. The first-order valence-corrected chi connectivity index (χ1v) is 4.37. The summed E-state index contributed by atoms with van der Waals surface area (Å²) in [6, 6.07) is 0. The van der Waals surface area contributed by atoms with E-state index in [1.54, 1.807) is 11.7 Å². The summed E-state index contributed by atoms with van der Waals surface area (Å²) in [6.45, 7) is 0. The Morgan fingerprint density at radius 3 is 3.00 bits per heavy atom. The Morgan fingerprint density at radius 2 is 2.31 bits per heavy atom. The van der Waals surface area contributed by atoms with Crippen molar-refractivity contribution in [3.05, 3.63) is 17.0 Å². The zero-order chi connectivity index (χ0) is 9.42. The molecule has 0 aromatic carbocycles. The Bertz CT molecular complexity index is 355. The van der Waals surface area contributed by atoms with Crippen LogP contribution in [0.4, 0.5) is 0 Å². The van der Waals surface area contributed by atoms with E-state index in [-0.39, 0.29) is 5.97 Å². The van der Waals surface area contributed by atoms with Crippen LogP contribution in [-0.2, 0) is 24.6 Å². The summed E-state index contributed by atoms with van der Waals surface area (Å²) in [6.07, 6.45) is 3.04. The minimum Gasteiger partial charge on any atom is -0.464 e. The summed E-state index contributed by atoms with van der Waals surface area (Å²) < 4.78 is 6.32. The summed E-state index contributed by atoms with van der Waals surface area (Å²) in [5.41, 5.74) is 2.76. The molecule has 0 atom stereocenters. The highest BCUT2D eigenvalue weighted by atomic mass is 16.5. The Hall–Kier alpha value is -1.32. The van der Waals surface area contributed by atoms with Crippen molar-refractivity contribution in [3.8, 4) is 0 Å². The van der Waals surface area contributed by atoms with Crippen LogP contribution in [0.3, 0.4) is 0 Å². The quantitative estimate of drug-likeness (QED) is 0.597. The van der Waals surface area contributed by atoms with Crippen molar-refractivity contribution in [1.82, 2.24) is 9.78 Å². The van der Waals surface area contributed by atoms with E-state index in [0.29, 0.717) is 5.69 Å². The van der Waals surface area contributed by atoms with Gasteiger partial charge in [0, 0.05) is 12.6 Å². The maximum atomic E-state index is 11.4. The van der Waals surface area contributed by atoms with Crippen LogP contribution in [0.15, 0.2) is 0 Å². The van der Waals surface area contributed by atoms with Gasteiger partial charge in [-0.1, -0.05) is 0 Å². The number of carbonyl (C=O) groups excluding carboxylic acids is 1. The van der Waals surface area contributed by atoms with E-state index in [0.717, 1.165) is 30.5 Å². The van der Waals surface area contributed by atoms with Gasteiger partial charge in [0.2, 0.25) is 0 Å². The molecule has 70 valence electrons. The molecule has 0 fully saturated rings. The second-order valence-electron chi connectivity index (χ2n) is 3.24. The number of methoxy groups -OCH3 is 1. The molecule has 0 amide bonds. The second kappa shape index (κ2) is 2.87. The molecule has 0 saturated carbocycles. The van der Waals surface area contributed by atoms with Gasteiger partial charge >= 0.3 is 5.97 Å². The molecule has 0 bridgehead atoms.